The lowest BCUT2D eigenvalue weighted by Gasteiger charge is -2.02. The van der Waals surface area contributed by atoms with Crippen molar-refractivity contribution >= 4 is 12.1 Å². The fraction of sp³-hybridized carbons (Fsp3) is 0.125. The quantitative estimate of drug-likeness (QED) is 0.667. The van der Waals surface area contributed by atoms with Gasteiger partial charge >= 0.3 is 12.1 Å². The first-order valence-electron chi connectivity index (χ1n) is 6.45. The summed E-state index contributed by atoms with van der Waals surface area (Å²) < 4.78 is 9.04. The number of hydrogen-bond donors (Lipinski definition) is 2. The first-order valence-corrected chi connectivity index (χ1v) is 6.45. The smallest absolute Gasteiger partial charge is 0.507 e. The summed E-state index contributed by atoms with van der Waals surface area (Å²) >= 11 is 0. The van der Waals surface area contributed by atoms with Gasteiger partial charge in [0.25, 0.3) is 0 Å². The van der Waals surface area contributed by atoms with Crippen LogP contribution in [0.5, 0.6) is 11.5 Å². The first-order chi connectivity index (χ1) is 10.5. The number of phenolic OH excluding ortho intramolecular Hbond substituents is 1. The van der Waals surface area contributed by atoms with Crippen LogP contribution in [-0.2, 0) is 4.74 Å². The standard InChI is InChI=1S/C9H10O3.C7H6O3/c1-2-12-9(11)7-5-3-4-6-8(7)10;8-7(9)10-6-4-2-1-3-5-6/h3-6,10H,2H2,1H3;1-5H,(H,8,9). The third-order valence-electron chi connectivity index (χ3n) is 2.35. The van der Waals surface area contributed by atoms with Crippen LogP contribution in [0.25, 0.3) is 0 Å². The molecule has 6 heteroatoms. The predicted molar refractivity (Wildman–Crippen MR) is 79.2 cm³/mol. The zero-order valence-electron chi connectivity index (χ0n) is 11.9. The van der Waals surface area contributed by atoms with E-state index in [4.69, 9.17) is 9.84 Å². The van der Waals surface area contributed by atoms with Gasteiger partial charge in [0, 0.05) is 0 Å². The molecule has 0 aliphatic rings. The lowest BCUT2D eigenvalue weighted by molar-refractivity contribution is 0.0523. The molecular formula is C16H16O6. The van der Waals surface area contributed by atoms with Crippen molar-refractivity contribution in [3.63, 3.8) is 0 Å². The number of carbonyl (C=O) groups is 2. The molecule has 0 unspecified atom stereocenters. The van der Waals surface area contributed by atoms with Crippen LogP contribution in [0.15, 0.2) is 54.6 Å². The Morgan fingerprint density at radius 3 is 2.14 bits per heavy atom. The van der Waals surface area contributed by atoms with Crippen LogP contribution in [0.2, 0.25) is 0 Å². The highest BCUT2D eigenvalue weighted by molar-refractivity contribution is 5.92. The molecule has 0 saturated carbocycles. The van der Waals surface area contributed by atoms with Crippen molar-refractivity contribution in [1.82, 2.24) is 0 Å². The molecule has 0 aliphatic carbocycles. The minimum absolute atomic E-state index is 0.0454. The number of carboxylic acid groups (broad SMARTS) is 1. The van der Waals surface area contributed by atoms with E-state index in [1.165, 1.54) is 12.1 Å². The molecule has 22 heavy (non-hydrogen) atoms. The molecule has 6 nitrogen and oxygen atoms in total. The molecule has 116 valence electrons. The van der Waals surface area contributed by atoms with Crippen molar-refractivity contribution in [2.24, 2.45) is 0 Å². The molecule has 2 N–H and O–H groups in total. The van der Waals surface area contributed by atoms with E-state index in [0.29, 0.717) is 12.4 Å². The van der Waals surface area contributed by atoms with Gasteiger partial charge in [-0.1, -0.05) is 30.3 Å². The van der Waals surface area contributed by atoms with Crippen LogP contribution in [-0.4, -0.2) is 28.9 Å². The molecule has 2 rings (SSSR count). The van der Waals surface area contributed by atoms with Gasteiger partial charge in [0.05, 0.1) is 6.61 Å². The van der Waals surface area contributed by atoms with Crippen molar-refractivity contribution in [2.45, 2.75) is 6.92 Å². The normalized spacial score (nSPS) is 9.14. The minimum Gasteiger partial charge on any atom is -0.507 e. The number of esters is 1. The number of aromatic hydroxyl groups is 1. The van der Waals surface area contributed by atoms with E-state index in [1.54, 1.807) is 49.4 Å². The Hall–Kier alpha value is -3.02. The summed E-state index contributed by atoms with van der Waals surface area (Å²) in [6.45, 7) is 2.03. The highest BCUT2D eigenvalue weighted by Gasteiger charge is 2.09. The Morgan fingerprint density at radius 1 is 1.00 bits per heavy atom. The Labute approximate surface area is 127 Å². The third kappa shape index (κ3) is 5.96. The molecule has 0 aliphatic heterocycles. The first kappa shape index (κ1) is 17.0. The van der Waals surface area contributed by atoms with E-state index in [1.807, 2.05) is 0 Å². The molecule has 0 fully saturated rings. The average Bonchev–Trinajstić information content (AvgIpc) is 2.49. The number of rotatable bonds is 3. The SMILES string of the molecule is CCOC(=O)c1ccccc1O.O=C(O)Oc1ccccc1. The van der Waals surface area contributed by atoms with Gasteiger partial charge < -0.3 is 19.7 Å². The van der Waals surface area contributed by atoms with Crippen LogP contribution in [0.1, 0.15) is 17.3 Å². The van der Waals surface area contributed by atoms with Gasteiger partial charge in [-0.05, 0) is 31.2 Å². The van der Waals surface area contributed by atoms with E-state index < -0.39 is 12.1 Å². The van der Waals surface area contributed by atoms with Crippen molar-refractivity contribution < 1.29 is 29.3 Å². The topological polar surface area (TPSA) is 93.1 Å². The second-order valence-corrected chi connectivity index (χ2v) is 3.92. The highest BCUT2D eigenvalue weighted by atomic mass is 16.7. The van der Waals surface area contributed by atoms with Crippen LogP contribution in [0, 0.1) is 0 Å². The van der Waals surface area contributed by atoms with E-state index in [2.05, 4.69) is 4.74 Å². The Kier molecular flexibility index (Phi) is 6.98. The van der Waals surface area contributed by atoms with E-state index in [-0.39, 0.29) is 11.3 Å². The number of ether oxygens (including phenoxy) is 2. The molecule has 2 aromatic rings. The lowest BCUT2D eigenvalue weighted by atomic mass is 10.2. The average molecular weight is 304 g/mol. The minimum atomic E-state index is -1.29. The zero-order valence-corrected chi connectivity index (χ0v) is 11.9. The fourth-order valence-corrected chi connectivity index (χ4v) is 1.44. The zero-order chi connectivity index (χ0) is 16.4. The Bertz CT molecular complexity index is 609. The number of phenols is 1. The molecule has 0 aromatic heterocycles. The van der Waals surface area contributed by atoms with Crippen LogP contribution >= 0.6 is 0 Å². The third-order valence-corrected chi connectivity index (χ3v) is 2.35. The maximum Gasteiger partial charge on any atom is 0.511 e. The van der Waals surface area contributed by atoms with Gasteiger partial charge in [0.1, 0.15) is 17.1 Å². The molecule has 2 aromatic carbocycles. The summed E-state index contributed by atoms with van der Waals surface area (Å²) in [5.74, 6) is -0.193. The number of hydrogen-bond acceptors (Lipinski definition) is 5. The van der Waals surface area contributed by atoms with Crippen molar-refractivity contribution in [3.05, 3.63) is 60.2 Å². The number of para-hydroxylation sites is 2. The van der Waals surface area contributed by atoms with E-state index in [0.717, 1.165) is 0 Å². The summed E-state index contributed by atoms with van der Waals surface area (Å²) in [6.07, 6.45) is -1.29. The second-order valence-electron chi connectivity index (χ2n) is 3.92. The largest absolute Gasteiger partial charge is 0.511 e. The fourth-order valence-electron chi connectivity index (χ4n) is 1.44. The molecule has 0 atom stereocenters. The van der Waals surface area contributed by atoms with Gasteiger partial charge in [-0.25, -0.2) is 9.59 Å². The van der Waals surface area contributed by atoms with Crippen molar-refractivity contribution in [1.29, 1.82) is 0 Å². The van der Waals surface area contributed by atoms with Crippen LogP contribution in [0.3, 0.4) is 0 Å². The van der Waals surface area contributed by atoms with E-state index in [9.17, 15) is 14.7 Å². The van der Waals surface area contributed by atoms with Gasteiger partial charge in [-0.2, -0.15) is 0 Å². The summed E-state index contributed by atoms with van der Waals surface area (Å²) in [4.78, 5) is 21.0. The van der Waals surface area contributed by atoms with Gasteiger partial charge in [-0.15, -0.1) is 0 Å². The van der Waals surface area contributed by atoms with Gasteiger partial charge in [-0.3, -0.25) is 0 Å². The molecule has 0 radical (unpaired) electrons. The van der Waals surface area contributed by atoms with E-state index >= 15 is 0 Å². The Balaban J connectivity index is 0.000000224. The van der Waals surface area contributed by atoms with Gasteiger partial charge in [0.15, 0.2) is 0 Å². The molecule has 0 spiro atoms. The van der Waals surface area contributed by atoms with Crippen LogP contribution in [0.4, 0.5) is 4.79 Å². The van der Waals surface area contributed by atoms with Crippen LogP contribution < -0.4 is 4.74 Å². The lowest BCUT2D eigenvalue weighted by Crippen LogP contribution is -2.04. The summed E-state index contributed by atoms with van der Waals surface area (Å²) in [6, 6.07) is 14.6. The summed E-state index contributed by atoms with van der Waals surface area (Å²) in [7, 11) is 0. The van der Waals surface area contributed by atoms with Crippen molar-refractivity contribution in [2.75, 3.05) is 6.61 Å². The van der Waals surface area contributed by atoms with Crippen molar-refractivity contribution in [3.8, 4) is 11.5 Å². The predicted octanol–water partition coefficient (Wildman–Crippen LogP) is 3.31. The highest BCUT2D eigenvalue weighted by Crippen LogP contribution is 2.16. The summed E-state index contributed by atoms with van der Waals surface area (Å²) in [5, 5.41) is 17.4. The second kappa shape index (κ2) is 9.02. The number of benzene rings is 2. The maximum atomic E-state index is 11.1. The number of carbonyl (C=O) groups excluding carboxylic acids is 1. The molecule has 0 bridgehead atoms. The monoisotopic (exact) mass is 304 g/mol. The molecule has 0 amide bonds. The molecule has 0 heterocycles. The molecular weight excluding hydrogens is 288 g/mol. The maximum absolute atomic E-state index is 11.1. The van der Waals surface area contributed by atoms with Gasteiger partial charge in [0.2, 0.25) is 0 Å². The summed E-state index contributed by atoms with van der Waals surface area (Å²) in [5.41, 5.74) is 0.208. The Morgan fingerprint density at radius 2 is 1.59 bits per heavy atom. The molecule has 0 saturated heterocycles.